The number of ketones is 1. The van der Waals surface area contributed by atoms with Crippen LogP contribution >= 0.6 is 0 Å². The zero-order valence-corrected chi connectivity index (χ0v) is 14.9. The van der Waals surface area contributed by atoms with Gasteiger partial charge in [-0.2, -0.15) is 0 Å². The SMILES string of the molecule is CCC(=O)CC=CC[C@@H]1[C@H](C=CC(O)C2CCCC2)[C@@H]2CC[C@H]1O2. The third kappa shape index (κ3) is 4.18. The minimum absolute atomic E-state index is 0.287. The molecule has 3 aliphatic rings. The number of ether oxygens (including phenoxy) is 1. The van der Waals surface area contributed by atoms with Gasteiger partial charge in [0, 0.05) is 18.8 Å². The van der Waals surface area contributed by atoms with E-state index < -0.39 is 0 Å². The van der Waals surface area contributed by atoms with Crippen LogP contribution in [0.4, 0.5) is 0 Å². The summed E-state index contributed by atoms with van der Waals surface area (Å²) in [5, 5.41) is 10.4. The summed E-state index contributed by atoms with van der Waals surface area (Å²) in [5.41, 5.74) is 0. The van der Waals surface area contributed by atoms with E-state index in [1.165, 1.54) is 12.8 Å². The lowest BCUT2D eigenvalue weighted by Crippen LogP contribution is -2.26. The number of fused-ring (bicyclic) bond motifs is 2. The summed E-state index contributed by atoms with van der Waals surface area (Å²) in [6.07, 6.45) is 18.2. The van der Waals surface area contributed by atoms with Crippen molar-refractivity contribution in [2.24, 2.45) is 17.8 Å². The second kappa shape index (κ2) is 8.44. The Morgan fingerprint density at radius 1 is 1.17 bits per heavy atom. The normalized spacial score (nSPS) is 34.8. The lowest BCUT2D eigenvalue weighted by atomic mass is 9.77. The number of aliphatic hydroxyl groups excluding tert-OH is 1. The molecule has 24 heavy (non-hydrogen) atoms. The van der Waals surface area contributed by atoms with E-state index in [2.05, 4.69) is 12.2 Å². The number of carbonyl (C=O) groups excluding carboxylic acids is 1. The van der Waals surface area contributed by atoms with Crippen LogP contribution in [0.25, 0.3) is 0 Å². The van der Waals surface area contributed by atoms with Gasteiger partial charge in [0.1, 0.15) is 5.78 Å². The summed E-state index contributed by atoms with van der Waals surface area (Å²) in [6, 6.07) is 0. The monoisotopic (exact) mass is 332 g/mol. The van der Waals surface area contributed by atoms with Crippen LogP contribution in [0.15, 0.2) is 24.3 Å². The summed E-state index contributed by atoms with van der Waals surface area (Å²) in [5.74, 6) is 1.68. The number of Topliss-reactive ketones (excluding diaryl/α,β-unsaturated/α-hetero) is 1. The first-order valence-corrected chi connectivity index (χ1v) is 9.87. The van der Waals surface area contributed by atoms with Gasteiger partial charge < -0.3 is 9.84 Å². The van der Waals surface area contributed by atoms with Gasteiger partial charge in [-0.3, -0.25) is 4.79 Å². The fourth-order valence-corrected chi connectivity index (χ4v) is 4.70. The fraction of sp³-hybridized carbons (Fsp3) is 0.762. The molecule has 3 heteroatoms. The number of hydrogen-bond donors (Lipinski definition) is 1. The molecule has 1 aliphatic carbocycles. The second-order valence-corrected chi connectivity index (χ2v) is 7.76. The third-order valence-corrected chi connectivity index (χ3v) is 6.21. The van der Waals surface area contributed by atoms with Gasteiger partial charge in [-0.1, -0.05) is 44.1 Å². The van der Waals surface area contributed by atoms with Crippen molar-refractivity contribution in [2.75, 3.05) is 0 Å². The van der Waals surface area contributed by atoms with Gasteiger partial charge in [-0.05, 0) is 43.9 Å². The largest absolute Gasteiger partial charge is 0.389 e. The van der Waals surface area contributed by atoms with Crippen LogP contribution in [-0.4, -0.2) is 29.2 Å². The molecule has 134 valence electrons. The maximum atomic E-state index is 11.4. The highest BCUT2D eigenvalue weighted by atomic mass is 16.5. The molecule has 2 saturated heterocycles. The molecule has 2 aliphatic heterocycles. The Bertz CT molecular complexity index is 475. The Morgan fingerprint density at radius 3 is 2.67 bits per heavy atom. The minimum Gasteiger partial charge on any atom is -0.389 e. The molecule has 0 aromatic rings. The maximum absolute atomic E-state index is 11.4. The van der Waals surface area contributed by atoms with Crippen molar-refractivity contribution in [2.45, 2.75) is 83.0 Å². The Hall–Kier alpha value is -0.930. The molecule has 2 bridgehead atoms. The highest BCUT2D eigenvalue weighted by Crippen LogP contribution is 2.46. The van der Waals surface area contributed by atoms with Gasteiger partial charge in [0.25, 0.3) is 0 Å². The van der Waals surface area contributed by atoms with Gasteiger partial charge in [0.05, 0.1) is 18.3 Å². The van der Waals surface area contributed by atoms with Crippen molar-refractivity contribution in [3.05, 3.63) is 24.3 Å². The molecule has 3 nitrogen and oxygen atoms in total. The van der Waals surface area contributed by atoms with Gasteiger partial charge in [0.15, 0.2) is 0 Å². The molecule has 0 amide bonds. The van der Waals surface area contributed by atoms with Crippen LogP contribution in [0.5, 0.6) is 0 Å². The first-order valence-electron chi connectivity index (χ1n) is 9.87. The molecule has 0 aromatic heterocycles. The van der Waals surface area contributed by atoms with Crippen molar-refractivity contribution in [1.29, 1.82) is 0 Å². The van der Waals surface area contributed by atoms with Gasteiger partial charge in [-0.25, -0.2) is 0 Å². The van der Waals surface area contributed by atoms with E-state index in [1.54, 1.807) is 0 Å². The number of hydrogen-bond acceptors (Lipinski definition) is 3. The molecule has 2 heterocycles. The van der Waals surface area contributed by atoms with E-state index in [1.807, 2.05) is 19.1 Å². The maximum Gasteiger partial charge on any atom is 0.136 e. The third-order valence-electron chi connectivity index (χ3n) is 6.21. The Balaban J connectivity index is 1.55. The summed E-state index contributed by atoms with van der Waals surface area (Å²) in [7, 11) is 0. The summed E-state index contributed by atoms with van der Waals surface area (Å²) < 4.78 is 6.12. The van der Waals surface area contributed by atoms with E-state index in [0.717, 1.165) is 32.1 Å². The molecule has 0 aromatic carbocycles. The van der Waals surface area contributed by atoms with Gasteiger partial charge in [-0.15, -0.1) is 0 Å². The molecule has 1 N–H and O–H groups in total. The van der Waals surface area contributed by atoms with Crippen LogP contribution in [-0.2, 0) is 9.53 Å². The van der Waals surface area contributed by atoms with Crippen molar-refractivity contribution in [1.82, 2.24) is 0 Å². The zero-order chi connectivity index (χ0) is 16.9. The summed E-state index contributed by atoms with van der Waals surface area (Å²) in [6.45, 7) is 1.91. The topological polar surface area (TPSA) is 46.5 Å². The molecule has 5 atom stereocenters. The van der Waals surface area contributed by atoms with E-state index >= 15 is 0 Å². The number of allylic oxidation sites excluding steroid dienone is 2. The minimum atomic E-state index is -0.287. The van der Waals surface area contributed by atoms with Crippen molar-refractivity contribution in [3.8, 4) is 0 Å². The summed E-state index contributed by atoms with van der Waals surface area (Å²) >= 11 is 0. The Labute approximate surface area is 146 Å². The molecule has 0 radical (unpaired) electrons. The van der Waals surface area contributed by atoms with Crippen LogP contribution in [0, 0.1) is 17.8 Å². The molecule has 1 unspecified atom stereocenters. The lowest BCUT2D eigenvalue weighted by molar-refractivity contribution is -0.117. The second-order valence-electron chi connectivity index (χ2n) is 7.76. The molecule has 3 fully saturated rings. The lowest BCUT2D eigenvalue weighted by Gasteiger charge is -2.25. The predicted molar refractivity (Wildman–Crippen MR) is 95.7 cm³/mol. The number of rotatable bonds is 8. The van der Waals surface area contributed by atoms with Crippen LogP contribution in [0.2, 0.25) is 0 Å². The highest BCUT2D eigenvalue weighted by Gasteiger charge is 2.46. The molecular formula is C21H32O3. The van der Waals surface area contributed by atoms with Gasteiger partial charge in [0.2, 0.25) is 0 Å². The zero-order valence-electron chi connectivity index (χ0n) is 14.9. The average molecular weight is 332 g/mol. The van der Waals surface area contributed by atoms with Crippen molar-refractivity contribution < 1.29 is 14.6 Å². The predicted octanol–water partition coefficient (Wildman–Crippen LogP) is 4.20. The van der Waals surface area contributed by atoms with Crippen LogP contribution in [0.3, 0.4) is 0 Å². The average Bonchev–Trinajstić information content (AvgIpc) is 3.33. The fourth-order valence-electron chi connectivity index (χ4n) is 4.70. The van der Waals surface area contributed by atoms with Crippen LogP contribution in [0.1, 0.15) is 64.7 Å². The van der Waals surface area contributed by atoms with E-state index in [4.69, 9.17) is 4.74 Å². The van der Waals surface area contributed by atoms with E-state index in [9.17, 15) is 9.90 Å². The quantitative estimate of drug-likeness (QED) is 0.678. The number of aliphatic hydroxyl groups is 1. The first-order chi connectivity index (χ1) is 11.7. The highest BCUT2D eigenvalue weighted by molar-refractivity contribution is 5.79. The Kier molecular flexibility index (Phi) is 6.29. The smallest absolute Gasteiger partial charge is 0.136 e. The molecule has 3 rings (SSSR count). The summed E-state index contributed by atoms with van der Waals surface area (Å²) in [4.78, 5) is 11.4. The van der Waals surface area contributed by atoms with E-state index in [0.29, 0.717) is 48.6 Å². The Morgan fingerprint density at radius 2 is 1.92 bits per heavy atom. The molecule has 1 saturated carbocycles. The van der Waals surface area contributed by atoms with Crippen LogP contribution < -0.4 is 0 Å². The van der Waals surface area contributed by atoms with Crippen molar-refractivity contribution in [3.63, 3.8) is 0 Å². The van der Waals surface area contributed by atoms with Crippen molar-refractivity contribution >= 4 is 5.78 Å². The first kappa shape index (κ1) is 17.9. The van der Waals surface area contributed by atoms with Gasteiger partial charge >= 0.3 is 0 Å². The standard InChI is InChI=1S/C21H32O3/c1-2-16(22)9-5-6-10-17-18(21-14-13-20(17)24-21)11-12-19(23)15-7-3-4-8-15/h5-6,11-12,15,17-21,23H,2-4,7-10,13-14H2,1H3/t17-,18+,19?,20-,21+/m1/s1. The molecular weight excluding hydrogens is 300 g/mol. The molecule has 0 spiro atoms. The van der Waals surface area contributed by atoms with E-state index in [-0.39, 0.29) is 6.10 Å². The number of carbonyl (C=O) groups is 1.